The molecule has 0 bridgehead atoms. The van der Waals surface area contributed by atoms with E-state index in [0.29, 0.717) is 38.0 Å². The van der Waals surface area contributed by atoms with Crippen LogP contribution in [0, 0.1) is 17.6 Å². The first-order chi connectivity index (χ1) is 14.4. The van der Waals surface area contributed by atoms with Crippen LogP contribution in [0.25, 0.3) is 10.9 Å². The molecule has 1 saturated heterocycles. The monoisotopic (exact) mass is 413 g/mol. The molecule has 0 unspecified atom stereocenters. The molecule has 156 valence electrons. The molecule has 0 radical (unpaired) electrons. The van der Waals surface area contributed by atoms with Crippen LogP contribution in [0.2, 0.25) is 0 Å². The van der Waals surface area contributed by atoms with Crippen molar-refractivity contribution < 1.29 is 13.6 Å². The maximum Gasteiger partial charge on any atom is 0.328 e. The number of hydrogen-bond donors (Lipinski definition) is 1. The summed E-state index contributed by atoms with van der Waals surface area (Å²) in [5.74, 6) is -0.990. The summed E-state index contributed by atoms with van der Waals surface area (Å²) in [7, 11) is 0. The minimum atomic E-state index is -0.570. The van der Waals surface area contributed by atoms with Crippen molar-refractivity contribution in [3.63, 3.8) is 0 Å². The number of carbonyl (C=O) groups excluding carboxylic acids is 1. The van der Waals surface area contributed by atoms with Crippen molar-refractivity contribution >= 4 is 16.7 Å². The molecule has 1 aliphatic rings. The first-order valence-electron chi connectivity index (χ1n) is 9.87. The third kappa shape index (κ3) is 4.09. The Morgan fingerprint density at radius 3 is 2.33 bits per heavy atom. The van der Waals surface area contributed by atoms with Gasteiger partial charge in [-0.2, -0.15) is 0 Å². The van der Waals surface area contributed by atoms with E-state index in [1.54, 1.807) is 0 Å². The number of aromatic amines is 1. The number of likely N-dealkylation sites (tertiary alicyclic amines) is 1. The van der Waals surface area contributed by atoms with E-state index in [1.807, 2.05) is 0 Å². The molecule has 30 heavy (non-hydrogen) atoms. The van der Waals surface area contributed by atoms with Gasteiger partial charge < -0.3 is 9.88 Å². The zero-order chi connectivity index (χ0) is 21.3. The molecule has 2 aromatic carbocycles. The molecule has 3 aromatic rings. The van der Waals surface area contributed by atoms with Gasteiger partial charge in [0.2, 0.25) is 0 Å². The molecule has 0 spiro atoms. The molecular weight excluding hydrogens is 392 g/mol. The highest BCUT2D eigenvalue weighted by atomic mass is 19.1. The van der Waals surface area contributed by atoms with Crippen LogP contribution < -0.4 is 11.2 Å². The van der Waals surface area contributed by atoms with Gasteiger partial charge in [-0.3, -0.25) is 14.2 Å². The van der Waals surface area contributed by atoms with E-state index in [2.05, 4.69) is 9.88 Å². The highest BCUT2D eigenvalue weighted by Crippen LogP contribution is 2.22. The zero-order valence-corrected chi connectivity index (χ0v) is 16.2. The second kappa shape index (κ2) is 8.31. The van der Waals surface area contributed by atoms with E-state index in [-0.39, 0.29) is 35.0 Å². The second-order valence-electron chi connectivity index (χ2n) is 7.56. The lowest BCUT2D eigenvalue weighted by molar-refractivity contribution is 0.0837. The number of hydrogen-bond acceptors (Lipinski definition) is 4. The van der Waals surface area contributed by atoms with Gasteiger partial charge in [-0.1, -0.05) is 0 Å². The van der Waals surface area contributed by atoms with E-state index < -0.39 is 17.1 Å². The topological polar surface area (TPSA) is 75.2 Å². The summed E-state index contributed by atoms with van der Waals surface area (Å²) in [6.07, 6.45) is 1.33. The van der Waals surface area contributed by atoms with Crippen LogP contribution >= 0.6 is 0 Å². The number of Topliss-reactive ketones (excluding diaryl/α,β-unsaturated/α-hetero) is 1. The Balaban J connectivity index is 1.39. The average Bonchev–Trinajstić information content (AvgIpc) is 2.74. The number of nitrogens with one attached hydrogen (secondary N) is 1. The molecule has 1 aromatic heterocycles. The first kappa shape index (κ1) is 20.2. The van der Waals surface area contributed by atoms with E-state index >= 15 is 0 Å². The largest absolute Gasteiger partial charge is 0.328 e. The third-order valence-corrected chi connectivity index (χ3v) is 5.67. The molecule has 6 nitrogen and oxygen atoms in total. The summed E-state index contributed by atoms with van der Waals surface area (Å²) in [5.41, 5.74) is -0.323. The fraction of sp³-hybridized carbons (Fsp3) is 0.318. The highest BCUT2D eigenvalue weighted by molar-refractivity contribution is 5.97. The lowest BCUT2D eigenvalue weighted by atomic mass is 9.89. The molecule has 8 heteroatoms. The number of ketones is 1. The number of H-pyrrole nitrogens is 1. The van der Waals surface area contributed by atoms with Crippen molar-refractivity contribution in [2.45, 2.75) is 19.4 Å². The van der Waals surface area contributed by atoms with Crippen molar-refractivity contribution in [1.29, 1.82) is 0 Å². The number of aromatic nitrogens is 2. The van der Waals surface area contributed by atoms with Gasteiger partial charge in [0, 0.05) is 24.6 Å². The van der Waals surface area contributed by atoms with Crippen LogP contribution in [0.4, 0.5) is 8.78 Å². The average molecular weight is 413 g/mol. The summed E-state index contributed by atoms with van der Waals surface area (Å²) >= 11 is 0. The minimum absolute atomic E-state index is 0.0177. The Labute approximate surface area is 170 Å². The van der Waals surface area contributed by atoms with Crippen molar-refractivity contribution in [3.8, 4) is 0 Å². The number of piperidine rings is 1. The van der Waals surface area contributed by atoms with Crippen LogP contribution in [-0.4, -0.2) is 39.9 Å². The summed E-state index contributed by atoms with van der Waals surface area (Å²) in [6.45, 7) is 2.04. The Morgan fingerprint density at radius 1 is 0.967 bits per heavy atom. The van der Waals surface area contributed by atoms with Crippen LogP contribution in [-0.2, 0) is 6.54 Å². The molecule has 0 aliphatic carbocycles. The molecule has 0 saturated carbocycles. The zero-order valence-electron chi connectivity index (χ0n) is 16.2. The summed E-state index contributed by atoms with van der Waals surface area (Å²) in [6, 6.07) is 9.28. The second-order valence-corrected chi connectivity index (χ2v) is 7.56. The highest BCUT2D eigenvalue weighted by Gasteiger charge is 2.25. The predicted octanol–water partition coefficient (Wildman–Crippen LogP) is 2.56. The van der Waals surface area contributed by atoms with Gasteiger partial charge >= 0.3 is 5.69 Å². The maximum atomic E-state index is 13.3. The molecule has 1 aliphatic heterocycles. The number of rotatable bonds is 5. The quantitative estimate of drug-likeness (QED) is 0.653. The van der Waals surface area contributed by atoms with Crippen molar-refractivity contribution in [2.24, 2.45) is 5.92 Å². The molecule has 1 fully saturated rings. The van der Waals surface area contributed by atoms with Crippen LogP contribution in [0.15, 0.2) is 52.1 Å². The van der Waals surface area contributed by atoms with E-state index in [1.165, 1.54) is 36.4 Å². The van der Waals surface area contributed by atoms with Gasteiger partial charge in [0.15, 0.2) is 5.78 Å². The van der Waals surface area contributed by atoms with E-state index in [0.717, 1.165) is 10.6 Å². The number of fused-ring (bicyclic) bond motifs is 1. The van der Waals surface area contributed by atoms with Crippen molar-refractivity contribution in [3.05, 3.63) is 80.5 Å². The molecule has 0 amide bonds. The molecule has 1 N–H and O–H groups in total. The normalized spacial score (nSPS) is 15.5. The summed E-state index contributed by atoms with van der Waals surface area (Å²) in [4.78, 5) is 42.1. The van der Waals surface area contributed by atoms with Gasteiger partial charge in [-0.25, -0.2) is 13.6 Å². The van der Waals surface area contributed by atoms with Crippen LogP contribution in [0.5, 0.6) is 0 Å². The number of carbonyl (C=O) groups is 1. The molecular formula is C22H21F2N3O3. The molecule has 2 heterocycles. The fourth-order valence-corrected chi connectivity index (χ4v) is 3.94. The Hall–Kier alpha value is -3.13. The van der Waals surface area contributed by atoms with Crippen molar-refractivity contribution in [1.82, 2.24) is 14.5 Å². The lowest BCUT2D eigenvalue weighted by Gasteiger charge is -2.31. The Kier molecular flexibility index (Phi) is 5.59. The van der Waals surface area contributed by atoms with E-state index in [4.69, 9.17) is 0 Å². The number of nitrogens with zero attached hydrogens (tertiary/aromatic N) is 2. The van der Waals surface area contributed by atoms with Gasteiger partial charge in [0.05, 0.1) is 10.9 Å². The minimum Gasteiger partial charge on any atom is -0.307 e. The standard InChI is InChI=1S/C22H21F2N3O3/c23-16-3-1-14(2-4-16)20(28)15-7-9-26(10-8-15)11-12-27-21(29)18-6-5-17(24)13-19(18)25-22(27)30/h1-6,13,15H,7-12H2,(H,25,30). The molecule has 4 rings (SSSR count). The Morgan fingerprint density at radius 2 is 1.63 bits per heavy atom. The van der Waals surface area contributed by atoms with Gasteiger partial charge in [0.25, 0.3) is 5.56 Å². The van der Waals surface area contributed by atoms with E-state index in [9.17, 15) is 23.2 Å². The fourth-order valence-electron chi connectivity index (χ4n) is 3.94. The SMILES string of the molecule is O=C(c1ccc(F)cc1)C1CCN(CCn2c(=O)[nH]c3cc(F)ccc3c2=O)CC1. The number of halogens is 2. The van der Waals surface area contributed by atoms with Crippen molar-refractivity contribution in [2.75, 3.05) is 19.6 Å². The molecule has 0 atom stereocenters. The third-order valence-electron chi connectivity index (χ3n) is 5.67. The van der Waals surface area contributed by atoms with Crippen LogP contribution in [0.3, 0.4) is 0 Å². The van der Waals surface area contributed by atoms with Gasteiger partial charge in [0.1, 0.15) is 11.6 Å². The smallest absolute Gasteiger partial charge is 0.307 e. The number of benzene rings is 2. The maximum absolute atomic E-state index is 13.3. The van der Waals surface area contributed by atoms with Crippen LogP contribution in [0.1, 0.15) is 23.2 Å². The van der Waals surface area contributed by atoms with Gasteiger partial charge in [-0.15, -0.1) is 0 Å². The summed E-state index contributed by atoms with van der Waals surface area (Å²) < 4.78 is 27.5. The Bertz CT molecular complexity index is 1190. The summed E-state index contributed by atoms with van der Waals surface area (Å²) in [5, 5.41) is 0.264. The van der Waals surface area contributed by atoms with Gasteiger partial charge in [-0.05, 0) is 68.4 Å². The lowest BCUT2D eigenvalue weighted by Crippen LogP contribution is -2.42. The first-order valence-corrected chi connectivity index (χ1v) is 9.87. The predicted molar refractivity (Wildman–Crippen MR) is 109 cm³/mol.